The monoisotopic (exact) mass is 255 g/mol. The fourth-order valence-corrected chi connectivity index (χ4v) is 1.50. The third-order valence-electron chi connectivity index (χ3n) is 2.35. The zero-order valence-electron chi connectivity index (χ0n) is 10.4. The number of nitrogens with one attached hydrogen (secondary N) is 1. The molecule has 6 heteroatoms. The zero-order valence-corrected chi connectivity index (χ0v) is 10.4. The van der Waals surface area contributed by atoms with E-state index in [9.17, 15) is 9.59 Å². The van der Waals surface area contributed by atoms with Crippen LogP contribution in [0.5, 0.6) is 0 Å². The summed E-state index contributed by atoms with van der Waals surface area (Å²) in [5, 5.41) is 11.3. The summed E-state index contributed by atoms with van der Waals surface area (Å²) in [7, 11) is 1.52. The van der Waals surface area contributed by atoms with Crippen LogP contribution in [0.2, 0.25) is 0 Å². The summed E-state index contributed by atoms with van der Waals surface area (Å²) in [5.41, 5.74) is 0. The first-order valence-corrected chi connectivity index (χ1v) is 5.69. The molecule has 100 valence electrons. The molecule has 0 bridgehead atoms. The molecule has 0 saturated carbocycles. The van der Waals surface area contributed by atoms with Crippen LogP contribution < -0.4 is 5.32 Å². The molecule has 1 rings (SSSR count). The Morgan fingerprint density at radius 1 is 1.50 bits per heavy atom. The van der Waals surface area contributed by atoms with Crippen molar-refractivity contribution in [3.8, 4) is 0 Å². The average Bonchev–Trinajstić information content (AvgIpc) is 2.77. The molecular weight excluding hydrogens is 238 g/mol. The molecule has 0 fully saturated rings. The summed E-state index contributed by atoms with van der Waals surface area (Å²) in [6.07, 6.45) is 1.05. The third kappa shape index (κ3) is 3.89. The second-order valence-electron chi connectivity index (χ2n) is 3.85. The normalized spacial score (nSPS) is 12.1. The van der Waals surface area contributed by atoms with Crippen molar-refractivity contribution in [3.63, 3.8) is 0 Å². The van der Waals surface area contributed by atoms with Gasteiger partial charge in [-0.1, -0.05) is 13.3 Å². The topological polar surface area (TPSA) is 88.8 Å². The highest BCUT2D eigenvalue weighted by Crippen LogP contribution is 2.09. The number of amides is 1. The van der Waals surface area contributed by atoms with Gasteiger partial charge in [-0.25, -0.2) is 4.79 Å². The van der Waals surface area contributed by atoms with E-state index in [1.807, 2.05) is 6.92 Å². The Morgan fingerprint density at radius 2 is 2.22 bits per heavy atom. The first kappa shape index (κ1) is 14.2. The molecule has 0 aliphatic carbocycles. The number of hydrogen-bond acceptors (Lipinski definition) is 4. The minimum absolute atomic E-state index is 0.0874. The maximum atomic E-state index is 11.7. The van der Waals surface area contributed by atoms with Gasteiger partial charge in [0.15, 0.2) is 5.76 Å². The molecule has 0 radical (unpaired) electrons. The van der Waals surface area contributed by atoms with E-state index in [2.05, 4.69) is 5.32 Å². The van der Waals surface area contributed by atoms with Crippen LogP contribution in [-0.4, -0.2) is 30.1 Å². The molecule has 1 heterocycles. The average molecular weight is 255 g/mol. The number of carbonyl (C=O) groups excluding carboxylic acids is 1. The first-order chi connectivity index (χ1) is 8.58. The molecular formula is C12H17NO5. The number of aliphatic carboxylic acids is 1. The number of rotatable bonds is 7. The Bertz CT molecular complexity index is 412. The van der Waals surface area contributed by atoms with Gasteiger partial charge in [-0.3, -0.25) is 4.79 Å². The largest absolute Gasteiger partial charge is 0.480 e. The SMILES string of the molecule is CCCC(NC(=O)c1ccc(COC)o1)C(=O)O. The van der Waals surface area contributed by atoms with Crippen molar-refractivity contribution >= 4 is 11.9 Å². The molecule has 2 N–H and O–H groups in total. The number of carbonyl (C=O) groups is 2. The van der Waals surface area contributed by atoms with E-state index >= 15 is 0 Å². The highest BCUT2D eigenvalue weighted by Gasteiger charge is 2.21. The third-order valence-corrected chi connectivity index (χ3v) is 2.35. The van der Waals surface area contributed by atoms with Crippen molar-refractivity contribution in [3.05, 3.63) is 23.7 Å². The van der Waals surface area contributed by atoms with E-state index in [0.717, 1.165) is 0 Å². The van der Waals surface area contributed by atoms with Gasteiger partial charge in [0.05, 0.1) is 0 Å². The second-order valence-corrected chi connectivity index (χ2v) is 3.85. The predicted molar refractivity (Wildman–Crippen MR) is 63.2 cm³/mol. The Balaban J connectivity index is 2.64. The number of carboxylic acids is 1. The number of methoxy groups -OCH3 is 1. The molecule has 0 spiro atoms. The van der Waals surface area contributed by atoms with Crippen LogP contribution in [0, 0.1) is 0 Å². The number of furan rings is 1. The van der Waals surface area contributed by atoms with E-state index in [-0.39, 0.29) is 12.4 Å². The Kier molecular flexibility index (Phi) is 5.38. The van der Waals surface area contributed by atoms with Crippen molar-refractivity contribution in [1.29, 1.82) is 0 Å². The molecule has 0 aliphatic rings. The van der Waals surface area contributed by atoms with E-state index in [1.54, 1.807) is 6.07 Å². The van der Waals surface area contributed by atoms with Crippen molar-refractivity contribution in [2.45, 2.75) is 32.4 Å². The van der Waals surface area contributed by atoms with Crippen molar-refractivity contribution in [2.24, 2.45) is 0 Å². The summed E-state index contributed by atoms with van der Waals surface area (Å²) in [6, 6.07) is 2.22. The lowest BCUT2D eigenvalue weighted by Gasteiger charge is -2.12. The van der Waals surface area contributed by atoms with Crippen LogP contribution in [0.15, 0.2) is 16.5 Å². The van der Waals surface area contributed by atoms with E-state index in [4.69, 9.17) is 14.3 Å². The molecule has 0 saturated heterocycles. The fraction of sp³-hybridized carbons (Fsp3) is 0.500. The minimum atomic E-state index is -1.05. The summed E-state index contributed by atoms with van der Waals surface area (Å²) < 4.78 is 10.1. The van der Waals surface area contributed by atoms with Gasteiger partial charge < -0.3 is 19.6 Å². The smallest absolute Gasteiger partial charge is 0.326 e. The summed E-state index contributed by atoms with van der Waals surface area (Å²) in [5.74, 6) is -0.971. The van der Waals surface area contributed by atoms with E-state index < -0.39 is 17.9 Å². The highest BCUT2D eigenvalue weighted by molar-refractivity contribution is 5.94. The van der Waals surface area contributed by atoms with Crippen LogP contribution in [0.4, 0.5) is 0 Å². The van der Waals surface area contributed by atoms with Gasteiger partial charge >= 0.3 is 5.97 Å². The Labute approximate surface area is 105 Å². The van der Waals surface area contributed by atoms with Crippen molar-refractivity contribution in [1.82, 2.24) is 5.32 Å². The summed E-state index contributed by atoms with van der Waals surface area (Å²) in [6.45, 7) is 2.12. The fourth-order valence-electron chi connectivity index (χ4n) is 1.50. The van der Waals surface area contributed by atoms with Gasteiger partial charge in [0.1, 0.15) is 18.4 Å². The lowest BCUT2D eigenvalue weighted by Crippen LogP contribution is -2.40. The molecule has 1 aromatic rings. The maximum absolute atomic E-state index is 11.7. The number of hydrogen-bond donors (Lipinski definition) is 2. The van der Waals surface area contributed by atoms with E-state index in [0.29, 0.717) is 18.6 Å². The quantitative estimate of drug-likeness (QED) is 0.769. The van der Waals surface area contributed by atoms with Crippen LogP contribution >= 0.6 is 0 Å². The number of ether oxygens (including phenoxy) is 1. The van der Waals surface area contributed by atoms with Crippen LogP contribution in [-0.2, 0) is 16.1 Å². The molecule has 1 aromatic heterocycles. The second kappa shape index (κ2) is 6.80. The zero-order chi connectivity index (χ0) is 13.5. The minimum Gasteiger partial charge on any atom is -0.480 e. The summed E-state index contributed by atoms with van der Waals surface area (Å²) in [4.78, 5) is 22.6. The van der Waals surface area contributed by atoms with Crippen LogP contribution in [0.3, 0.4) is 0 Å². The van der Waals surface area contributed by atoms with Gasteiger partial charge in [-0.05, 0) is 18.6 Å². The first-order valence-electron chi connectivity index (χ1n) is 5.69. The van der Waals surface area contributed by atoms with E-state index in [1.165, 1.54) is 13.2 Å². The Hall–Kier alpha value is -1.82. The lowest BCUT2D eigenvalue weighted by molar-refractivity contribution is -0.139. The molecule has 1 amide bonds. The van der Waals surface area contributed by atoms with Gasteiger partial charge in [-0.15, -0.1) is 0 Å². The van der Waals surface area contributed by atoms with Crippen molar-refractivity contribution in [2.75, 3.05) is 7.11 Å². The molecule has 18 heavy (non-hydrogen) atoms. The van der Waals surface area contributed by atoms with Gasteiger partial charge in [0, 0.05) is 7.11 Å². The van der Waals surface area contributed by atoms with Crippen molar-refractivity contribution < 1.29 is 23.8 Å². The molecule has 0 aliphatic heterocycles. The number of carboxylic acid groups (broad SMARTS) is 1. The Morgan fingerprint density at radius 3 is 2.78 bits per heavy atom. The lowest BCUT2D eigenvalue weighted by atomic mass is 10.1. The molecule has 0 aromatic carbocycles. The van der Waals surface area contributed by atoms with Crippen LogP contribution in [0.25, 0.3) is 0 Å². The predicted octanol–water partition coefficient (Wildman–Crippen LogP) is 1.41. The van der Waals surface area contributed by atoms with Gasteiger partial charge in [0.2, 0.25) is 0 Å². The van der Waals surface area contributed by atoms with Gasteiger partial charge in [0.25, 0.3) is 5.91 Å². The summed E-state index contributed by atoms with van der Waals surface area (Å²) >= 11 is 0. The molecule has 1 unspecified atom stereocenters. The maximum Gasteiger partial charge on any atom is 0.326 e. The molecule has 1 atom stereocenters. The highest BCUT2D eigenvalue weighted by atomic mass is 16.5. The van der Waals surface area contributed by atoms with Crippen LogP contribution in [0.1, 0.15) is 36.1 Å². The molecule has 6 nitrogen and oxygen atoms in total. The van der Waals surface area contributed by atoms with Gasteiger partial charge in [-0.2, -0.15) is 0 Å². The standard InChI is InChI=1S/C12H17NO5/c1-3-4-9(12(15)16)13-11(14)10-6-5-8(18-10)7-17-2/h5-6,9H,3-4,7H2,1-2H3,(H,13,14)(H,15,16).